The van der Waals surface area contributed by atoms with Crippen LogP contribution in [0.1, 0.15) is 0 Å². The fourth-order valence-corrected chi connectivity index (χ4v) is 2.35. The van der Waals surface area contributed by atoms with Crippen molar-refractivity contribution in [2.75, 3.05) is 56.3 Å². The number of hydrogen-bond acceptors (Lipinski definition) is 5. The van der Waals surface area contributed by atoms with Gasteiger partial charge in [-0.2, -0.15) is 0 Å². The number of nitrogens with zero attached hydrogens (tertiary/aromatic N) is 2. The van der Waals surface area contributed by atoms with E-state index in [0.717, 1.165) is 51.0 Å². The average molecular weight is 298 g/mol. The molecule has 1 saturated heterocycles. The predicted octanol–water partition coefficient (Wildman–Crippen LogP) is 1.79. The topological polar surface area (TPSA) is 46.1 Å². The second-order valence-corrected chi connectivity index (χ2v) is 4.62. The Labute approximate surface area is 125 Å². The lowest BCUT2D eigenvalue weighted by Crippen LogP contribution is -2.37. The molecule has 1 fully saturated rings. The summed E-state index contributed by atoms with van der Waals surface area (Å²) in [5.74, 6) is 0.909. The molecule has 20 heavy (non-hydrogen) atoms. The lowest BCUT2D eigenvalue weighted by atomic mass is 10.2. The number of halogens is 1. The van der Waals surface area contributed by atoms with Crippen LogP contribution >= 0.6 is 12.4 Å². The number of morpholine rings is 1. The number of rotatable bonds is 2. The molecule has 0 unspecified atom stereocenters. The molecular formula is C14H20ClN3O2. The standard InChI is InChI=1S/C14H19N3O2.ClH/c1-2-4-13(17-6-9-18-10-7-17)12(3-1)16-14-11-19-8-5-15-14;/h1-4H,5-11H2,(H,15,16);1H. The second-order valence-electron chi connectivity index (χ2n) is 4.62. The minimum Gasteiger partial charge on any atom is -0.378 e. The molecule has 1 aromatic rings. The SMILES string of the molecule is Cl.c1ccc(N2CCOCC2)c(NC2=NCCOC2)c1. The minimum absolute atomic E-state index is 0. The van der Waals surface area contributed by atoms with Gasteiger partial charge in [-0.1, -0.05) is 12.1 Å². The fraction of sp³-hybridized carbons (Fsp3) is 0.500. The van der Waals surface area contributed by atoms with Gasteiger partial charge in [-0.3, -0.25) is 4.99 Å². The first-order chi connectivity index (χ1) is 9.43. The summed E-state index contributed by atoms with van der Waals surface area (Å²) in [6.45, 7) is 5.47. The number of benzene rings is 1. The normalized spacial score (nSPS) is 19.0. The summed E-state index contributed by atoms with van der Waals surface area (Å²) in [7, 11) is 0. The van der Waals surface area contributed by atoms with E-state index in [1.165, 1.54) is 5.69 Å². The highest BCUT2D eigenvalue weighted by Crippen LogP contribution is 2.26. The molecule has 0 bridgehead atoms. The molecule has 2 aliphatic rings. The number of anilines is 2. The molecule has 2 aliphatic heterocycles. The van der Waals surface area contributed by atoms with Gasteiger partial charge in [0.2, 0.25) is 0 Å². The van der Waals surface area contributed by atoms with Crippen molar-refractivity contribution in [1.29, 1.82) is 0 Å². The Morgan fingerprint density at radius 3 is 2.60 bits per heavy atom. The number of ether oxygens (including phenoxy) is 2. The lowest BCUT2D eigenvalue weighted by Gasteiger charge is -2.31. The zero-order valence-corrected chi connectivity index (χ0v) is 12.2. The summed E-state index contributed by atoms with van der Waals surface area (Å²) in [6.07, 6.45) is 0. The van der Waals surface area contributed by atoms with E-state index in [-0.39, 0.29) is 12.4 Å². The van der Waals surface area contributed by atoms with E-state index >= 15 is 0 Å². The molecule has 1 aromatic carbocycles. The second kappa shape index (κ2) is 7.47. The van der Waals surface area contributed by atoms with Gasteiger partial charge in [0, 0.05) is 13.1 Å². The van der Waals surface area contributed by atoms with Gasteiger partial charge >= 0.3 is 0 Å². The average Bonchev–Trinajstić information content (AvgIpc) is 2.50. The van der Waals surface area contributed by atoms with E-state index in [1.807, 2.05) is 6.07 Å². The van der Waals surface area contributed by atoms with Crippen LogP contribution in [0, 0.1) is 0 Å². The number of nitrogens with one attached hydrogen (secondary N) is 1. The van der Waals surface area contributed by atoms with E-state index in [9.17, 15) is 0 Å². The lowest BCUT2D eigenvalue weighted by molar-refractivity contribution is 0.123. The zero-order chi connectivity index (χ0) is 12.9. The van der Waals surface area contributed by atoms with Gasteiger partial charge in [-0.25, -0.2) is 0 Å². The van der Waals surface area contributed by atoms with Crippen molar-refractivity contribution in [3.05, 3.63) is 24.3 Å². The summed E-state index contributed by atoms with van der Waals surface area (Å²) in [4.78, 5) is 6.79. The fourth-order valence-electron chi connectivity index (χ4n) is 2.35. The van der Waals surface area contributed by atoms with Crippen LogP contribution in [0.25, 0.3) is 0 Å². The molecule has 0 saturated carbocycles. The van der Waals surface area contributed by atoms with Crippen LogP contribution in [0.4, 0.5) is 11.4 Å². The first-order valence-corrected chi connectivity index (χ1v) is 6.73. The van der Waals surface area contributed by atoms with Gasteiger partial charge < -0.3 is 19.7 Å². The van der Waals surface area contributed by atoms with E-state index in [4.69, 9.17) is 9.47 Å². The summed E-state index contributed by atoms with van der Waals surface area (Å²) in [5.41, 5.74) is 2.30. The molecule has 6 heteroatoms. The summed E-state index contributed by atoms with van der Waals surface area (Å²) in [5, 5.41) is 3.39. The third kappa shape index (κ3) is 3.62. The third-order valence-corrected chi connectivity index (χ3v) is 3.31. The summed E-state index contributed by atoms with van der Waals surface area (Å²) >= 11 is 0. The van der Waals surface area contributed by atoms with Crippen molar-refractivity contribution in [3.8, 4) is 0 Å². The van der Waals surface area contributed by atoms with Crippen LogP contribution in [0.3, 0.4) is 0 Å². The van der Waals surface area contributed by atoms with Crippen LogP contribution < -0.4 is 10.2 Å². The van der Waals surface area contributed by atoms with E-state index in [0.29, 0.717) is 6.61 Å². The van der Waals surface area contributed by atoms with Gasteiger partial charge in [0.25, 0.3) is 0 Å². The van der Waals surface area contributed by atoms with Crippen LogP contribution in [-0.2, 0) is 9.47 Å². The van der Waals surface area contributed by atoms with Crippen LogP contribution in [0.2, 0.25) is 0 Å². The first-order valence-electron chi connectivity index (χ1n) is 6.73. The van der Waals surface area contributed by atoms with Gasteiger partial charge in [0.15, 0.2) is 0 Å². The summed E-state index contributed by atoms with van der Waals surface area (Å²) in [6, 6.07) is 8.32. The zero-order valence-electron chi connectivity index (χ0n) is 11.4. The van der Waals surface area contributed by atoms with Crippen molar-refractivity contribution in [3.63, 3.8) is 0 Å². The molecular weight excluding hydrogens is 278 g/mol. The van der Waals surface area contributed by atoms with Crippen molar-refractivity contribution in [2.24, 2.45) is 4.99 Å². The van der Waals surface area contributed by atoms with Gasteiger partial charge in [0.1, 0.15) is 12.4 Å². The maximum absolute atomic E-state index is 5.41. The Bertz CT molecular complexity index is 461. The molecule has 1 N–H and O–H groups in total. The van der Waals surface area contributed by atoms with Crippen molar-refractivity contribution >= 4 is 29.6 Å². The highest BCUT2D eigenvalue weighted by atomic mass is 35.5. The smallest absolute Gasteiger partial charge is 0.127 e. The molecule has 5 nitrogen and oxygen atoms in total. The maximum Gasteiger partial charge on any atom is 0.127 e. The Morgan fingerprint density at radius 2 is 1.85 bits per heavy atom. The Morgan fingerprint density at radius 1 is 1.05 bits per heavy atom. The molecule has 0 amide bonds. The molecule has 0 spiro atoms. The molecule has 110 valence electrons. The number of aliphatic imine (C=N–C) groups is 1. The van der Waals surface area contributed by atoms with Gasteiger partial charge in [-0.05, 0) is 12.1 Å². The molecule has 3 rings (SSSR count). The van der Waals surface area contributed by atoms with E-state index < -0.39 is 0 Å². The Balaban J connectivity index is 0.00000147. The monoisotopic (exact) mass is 297 g/mol. The summed E-state index contributed by atoms with van der Waals surface area (Å²) < 4.78 is 10.8. The van der Waals surface area contributed by atoms with Gasteiger partial charge in [0.05, 0.1) is 37.7 Å². The first kappa shape index (κ1) is 15.1. The quantitative estimate of drug-likeness (QED) is 0.904. The number of hydrogen-bond donors (Lipinski definition) is 1. The highest BCUT2D eigenvalue weighted by molar-refractivity contribution is 5.99. The number of para-hydroxylation sites is 2. The van der Waals surface area contributed by atoms with E-state index in [2.05, 4.69) is 33.4 Å². The van der Waals surface area contributed by atoms with Crippen LogP contribution in [0.15, 0.2) is 29.3 Å². The minimum atomic E-state index is 0. The molecule has 2 heterocycles. The molecule has 0 radical (unpaired) electrons. The van der Waals surface area contributed by atoms with Crippen molar-refractivity contribution < 1.29 is 9.47 Å². The predicted molar refractivity (Wildman–Crippen MR) is 83.5 cm³/mol. The third-order valence-electron chi connectivity index (χ3n) is 3.31. The number of amidine groups is 1. The van der Waals surface area contributed by atoms with Crippen molar-refractivity contribution in [2.45, 2.75) is 0 Å². The van der Waals surface area contributed by atoms with Gasteiger partial charge in [-0.15, -0.1) is 12.4 Å². The largest absolute Gasteiger partial charge is 0.378 e. The van der Waals surface area contributed by atoms with Crippen molar-refractivity contribution in [1.82, 2.24) is 0 Å². The van der Waals surface area contributed by atoms with Crippen LogP contribution in [0.5, 0.6) is 0 Å². The van der Waals surface area contributed by atoms with E-state index in [1.54, 1.807) is 0 Å². The maximum atomic E-state index is 5.41. The molecule has 0 aromatic heterocycles. The Hall–Kier alpha value is -1.30. The van der Waals surface area contributed by atoms with Crippen LogP contribution in [-0.4, -0.2) is 51.9 Å². The highest BCUT2D eigenvalue weighted by Gasteiger charge is 2.15. The Kier molecular flexibility index (Phi) is 5.64. The molecule has 0 atom stereocenters. The molecule has 0 aliphatic carbocycles.